The third kappa shape index (κ3) is 5.52. The molecule has 1 unspecified atom stereocenters. The molecule has 0 fully saturated rings. The molecule has 3 aromatic carbocycles. The minimum absolute atomic E-state index is 0.197. The smallest absolute Gasteiger partial charge is 0.237 e. The van der Waals surface area contributed by atoms with E-state index in [0.717, 1.165) is 16.8 Å². The van der Waals surface area contributed by atoms with Gasteiger partial charge in [-0.15, -0.1) is 10.2 Å². The monoisotopic (exact) mass is 472 g/mol. The molecule has 172 valence electrons. The first kappa shape index (κ1) is 23.3. The van der Waals surface area contributed by atoms with Crippen LogP contribution in [0.4, 0.5) is 5.69 Å². The highest BCUT2D eigenvalue weighted by atomic mass is 32.2. The van der Waals surface area contributed by atoms with Crippen molar-refractivity contribution in [2.24, 2.45) is 0 Å². The number of hydrogen-bond acceptors (Lipinski definition) is 7. The minimum Gasteiger partial charge on any atom is -0.497 e. The van der Waals surface area contributed by atoms with Gasteiger partial charge < -0.3 is 14.8 Å². The number of aromatic nitrogens is 3. The van der Waals surface area contributed by atoms with E-state index in [0.29, 0.717) is 28.0 Å². The van der Waals surface area contributed by atoms with Crippen LogP contribution in [-0.4, -0.2) is 40.6 Å². The number of thioether (sulfide) groups is 1. The normalized spacial score (nSPS) is 11.5. The molecule has 0 aliphatic rings. The topological polar surface area (TPSA) is 86.2 Å². The van der Waals surface area contributed by atoms with E-state index in [1.54, 1.807) is 39.3 Å². The van der Waals surface area contributed by atoms with Gasteiger partial charge in [0.25, 0.3) is 0 Å². The maximum Gasteiger partial charge on any atom is 0.237 e. The Morgan fingerprint density at radius 2 is 1.38 bits per heavy atom. The van der Waals surface area contributed by atoms with Crippen molar-refractivity contribution in [3.8, 4) is 34.0 Å². The Morgan fingerprint density at radius 1 is 0.824 bits per heavy atom. The first-order valence-electron chi connectivity index (χ1n) is 10.6. The molecule has 1 amide bonds. The quantitative estimate of drug-likeness (QED) is 0.346. The Morgan fingerprint density at radius 3 is 1.94 bits per heavy atom. The van der Waals surface area contributed by atoms with Crippen molar-refractivity contribution in [2.45, 2.75) is 17.3 Å². The van der Waals surface area contributed by atoms with Crippen molar-refractivity contribution < 1.29 is 14.3 Å². The van der Waals surface area contributed by atoms with Gasteiger partial charge in [-0.25, -0.2) is 4.98 Å². The summed E-state index contributed by atoms with van der Waals surface area (Å²) in [6.45, 7) is 1.80. The van der Waals surface area contributed by atoms with Gasteiger partial charge in [0, 0.05) is 35.0 Å². The number of anilines is 1. The molecular formula is C26H24N4O3S. The van der Waals surface area contributed by atoms with Crippen LogP contribution in [0.15, 0.2) is 84.0 Å². The van der Waals surface area contributed by atoms with Crippen LogP contribution in [0.2, 0.25) is 0 Å². The Bertz CT molecular complexity index is 1250. The number of carbonyl (C=O) groups excluding carboxylic acids is 1. The molecule has 0 saturated heterocycles. The third-order valence-corrected chi connectivity index (χ3v) is 5.98. The summed E-state index contributed by atoms with van der Waals surface area (Å²) >= 11 is 1.24. The van der Waals surface area contributed by atoms with Gasteiger partial charge in [-0.3, -0.25) is 4.79 Å². The molecule has 0 aliphatic carbocycles. The van der Waals surface area contributed by atoms with E-state index in [2.05, 4.69) is 15.5 Å². The molecule has 8 heteroatoms. The van der Waals surface area contributed by atoms with Crippen LogP contribution in [0.3, 0.4) is 0 Å². The molecule has 0 aliphatic heterocycles. The lowest BCUT2D eigenvalue weighted by molar-refractivity contribution is -0.115. The maximum absolute atomic E-state index is 12.9. The molecule has 34 heavy (non-hydrogen) atoms. The standard InChI is InChI=1S/C26H24N4O3S/c1-17(25(31)27-20-14-21(32-2)16-22(15-20)33-3)34-26-28-23(18-10-6-4-7-11-18)24(29-30-26)19-12-8-5-9-13-19/h4-17H,1-3H3,(H,27,31). The SMILES string of the molecule is COc1cc(NC(=O)C(C)Sc2nnc(-c3ccccc3)c(-c3ccccc3)n2)cc(OC)c1. The van der Waals surface area contributed by atoms with E-state index >= 15 is 0 Å². The number of carbonyl (C=O) groups is 1. The van der Waals surface area contributed by atoms with Crippen LogP contribution >= 0.6 is 11.8 Å². The summed E-state index contributed by atoms with van der Waals surface area (Å²) in [6, 6.07) is 24.9. The lowest BCUT2D eigenvalue weighted by atomic mass is 10.0. The molecule has 1 aromatic heterocycles. The van der Waals surface area contributed by atoms with Crippen LogP contribution in [-0.2, 0) is 4.79 Å². The zero-order valence-electron chi connectivity index (χ0n) is 19.1. The minimum atomic E-state index is -0.467. The number of amides is 1. The number of nitrogens with one attached hydrogen (secondary N) is 1. The Hall–Kier alpha value is -3.91. The van der Waals surface area contributed by atoms with Gasteiger partial charge in [0.05, 0.1) is 19.5 Å². The van der Waals surface area contributed by atoms with Gasteiger partial charge in [-0.1, -0.05) is 72.4 Å². The van der Waals surface area contributed by atoms with Crippen molar-refractivity contribution >= 4 is 23.4 Å². The second-order valence-electron chi connectivity index (χ2n) is 7.37. The van der Waals surface area contributed by atoms with Crippen LogP contribution < -0.4 is 14.8 Å². The van der Waals surface area contributed by atoms with E-state index in [-0.39, 0.29) is 5.91 Å². The van der Waals surface area contributed by atoms with Gasteiger partial charge in [0.2, 0.25) is 11.1 Å². The maximum atomic E-state index is 12.9. The lowest BCUT2D eigenvalue weighted by Gasteiger charge is -2.14. The zero-order chi connectivity index (χ0) is 23.9. The number of hydrogen-bond donors (Lipinski definition) is 1. The second-order valence-corrected chi connectivity index (χ2v) is 8.68. The van der Waals surface area contributed by atoms with E-state index in [4.69, 9.17) is 14.5 Å². The van der Waals surface area contributed by atoms with Gasteiger partial charge in [0.1, 0.15) is 22.9 Å². The molecule has 1 N–H and O–H groups in total. The summed E-state index contributed by atoms with van der Waals surface area (Å²) in [5.74, 6) is 0.982. The molecule has 0 bridgehead atoms. The number of benzene rings is 3. The van der Waals surface area contributed by atoms with Crippen LogP contribution in [0, 0.1) is 0 Å². The van der Waals surface area contributed by atoms with Crippen molar-refractivity contribution in [2.75, 3.05) is 19.5 Å². The molecule has 0 spiro atoms. The highest BCUT2D eigenvalue weighted by Gasteiger charge is 2.20. The Kier molecular flexibility index (Phi) is 7.39. The number of ether oxygens (including phenoxy) is 2. The van der Waals surface area contributed by atoms with Gasteiger partial charge in [-0.05, 0) is 6.92 Å². The van der Waals surface area contributed by atoms with Crippen molar-refractivity contribution in [1.82, 2.24) is 15.2 Å². The predicted molar refractivity (Wildman–Crippen MR) is 134 cm³/mol. The number of methoxy groups -OCH3 is 2. The van der Waals surface area contributed by atoms with Crippen LogP contribution in [0.1, 0.15) is 6.92 Å². The molecular weight excluding hydrogens is 448 g/mol. The summed E-state index contributed by atoms with van der Waals surface area (Å²) in [6.07, 6.45) is 0. The van der Waals surface area contributed by atoms with Crippen LogP contribution in [0.5, 0.6) is 11.5 Å². The molecule has 7 nitrogen and oxygen atoms in total. The first-order valence-corrected chi connectivity index (χ1v) is 11.5. The largest absolute Gasteiger partial charge is 0.497 e. The lowest BCUT2D eigenvalue weighted by Crippen LogP contribution is -2.22. The average Bonchev–Trinajstić information content (AvgIpc) is 2.89. The van der Waals surface area contributed by atoms with E-state index < -0.39 is 5.25 Å². The molecule has 4 rings (SSSR count). The Labute approximate surface area is 202 Å². The molecule has 1 atom stereocenters. The average molecular weight is 473 g/mol. The van der Waals surface area contributed by atoms with Crippen molar-refractivity contribution in [3.05, 3.63) is 78.9 Å². The molecule has 0 saturated carbocycles. The highest BCUT2D eigenvalue weighted by Crippen LogP contribution is 2.31. The zero-order valence-corrected chi connectivity index (χ0v) is 19.9. The van der Waals surface area contributed by atoms with E-state index in [9.17, 15) is 4.79 Å². The summed E-state index contributed by atoms with van der Waals surface area (Å²) in [4.78, 5) is 17.6. The van der Waals surface area contributed by atoms with Gasteiger partial charge in [-0.2, -0.15) is 0 Å². The fraction of sp³-hybridized carbons (Fsp3) is 0.154. The Balaban J connectivity index is 1.57. The summed E-state index contributed by atoms with van der Waals surface area (Å²) < 4.78 is 10.5. The first-order chi connectivity index (χ1) is 16.6. The second kappa shape index (κ2) is 10.8. The summed E-state index contributed by atoms with van der Waals surface area (Å²) in [5, 5.41) is 11.6. The predicted octanol–water partition coefficient (Wildman–Crippen LogP) is 5.34. The summed E-state index contributed by atoms with van der Waals surface area (Å²) in [5.41, 5.74) is 3.85. The highest BCUT2D eigenvalue weighted by molar-refractivity contribution is 8.00. The third-order valence-electron chi connectivity index (χ3n) is 5.03. The van der Waals surface area contributed by atoms with Crippen molar-refractivity contribution in [3.63, 3.8) is 0 Å². The van der Waals surface area contributed by atoms with E-state index in [1.807, 2.05) is 60.7 Å². The number of rotatable bonds is 8. The van der Waals surface area contributed by atoms with Gasteiger partial charge in [0.15, 0.2) is 0 Å². The fourth-order valence-corrected chi connectivity index (χ4v) is 4.00. The van der Waals surface area contributed by atoms with E-state index in [1.165, 1.54) is 11.8 Å². The fourth-order valence-electron chi connectivity index (χ4n) is 3.28. The van der Waals surface area contributed by atoms with Crippen molar-refractivity contribution in [1.29, 1.82) is 0 Å². The number of nitrogens with zero attached hydrogens (tertiary/aromatic N) is 3. The molecule has 4 aromatic rings. The summed E-state index contributed by atoms with van der Waals surface area (Å²) in [7, 11) is 3.12. The van der Waals surface area contributed by atoms with Crippen LogP contribution in [0.25, 0.3) is 22.5 Å². The molecule has 0 radical (unpaired) electrons. The molecule has 1 heterocycles. The van der Waals surface area contributed by atoms with Gasteiger partial charge >= 0.3 is 0 Å².